The van der Waals surface area contributed by atoms with Gasteiger partial charge in [-0.2, -0.15) is 5.10 Å². The van der Waals surface area contributed by atoms with Gasteiger partial charge in [-0.1, -0.05) is 0 Å². The van der Waals surface area contributed by atoms with Crippen LogP contribution in [0.4, 0.5) is 0 Å². The predicted molar refractivity (Wildman–Crippen MR) is 51.4 cm³/mol. The summed E-state index contributed by atoms with van der Waals surface area (Å²) in [5.41, 5.74) is 6.37. The molecule has 1 heterocycles. The molecule has 0 radical (unpaired) electrons. The van der Waals surface area contributed by atoms with Crippen LogP contribution in [-0.2, 0) is 6.42 Å². The standard InChI is InChI=1S/C9H17N3O/c1-7(2)12-8(3-4-11-12)5-9(13)6-10/h3-4,7,9,13H,5-6,10H2,1-2H3. The molecule has 4 heteroatoms. The molecule has 4 nitrogen and oxygen atoms in total. The van der Waals surface area contributed by atoms with Crippen molar-refractivity contribution >= 4 is 0 Å². The van der Waals surface area contributed by atoms with Crippen LogP contribution >= 0.6 is 0 Å². The van der Waals surface area contributed by atoms with Crippen molar-refractivity contribution in [2.75, 3.05) is 6.54 Å². The van der Waals surface area contributed by atoms with Gasteiger partial charge in [0, 0.05) is 30.9 Å². The lowest BCUT2D eigenvalue weighted by molar-refractivity contribution is 0.180. The largest absolute Gasteiger partial charge is 0.391 e. The van der Waals surface area contributed by atoms with E-state index in [0.29, 0.717) is 19.0 Å². The van der Waals surface area contributed by atoms with Crippen LogP contribution in [0.2, 0.25) is 0 Å². The topological polar surface area (TPSA) is 64.1 Å². The van der Waals surface area contributed by atoms with Gasteiger partial charge in [0.15, 0.2) is 0 Å². The minimum Gasteiger partial charge on any atom is -0.391 e. The summed E-state index contributed by atoms with van der Waals surface area (Å²) in [5.74, 6) is 0. The van der Waals surface area contributed by atoms with E-state index < -0.39 is 6.10 Å². The van der Waals surface area contributed by atoms with Gasteiger partial charge in [-0.3, -0.25) is 4.68 Å². The Morgan fingerprint density at radius 1 is 1.62 bits per heavy atom. The van der Waals surface area contributed by atoms with E-state index in [1.165, 1.54) is 0 Å². The van der Waals surface area contributed by atoms with Gasteiger partial charge >= 0.3 is 0 Å². The summed E-state index contributed by atoms with van der Waals surface area (Å²) in [7, 11) is 0. The zero-order valence-electron chi connectivity index (χ0n) is 8.14. The molecule has 0 amide bonds. The predicted octanol–water partition coefficient (Wildman–Crippen LogP) is 0.326. The van der Waals surface area contributed by atoms with Crippen molar-refractivity contribution in [3.05, 3.63) is 18.0 Å². The molecule has 1 atom stereocenters. The molecular formula is C9H17N3O. The molecule has 0 aromatic carbocycles. The number of aliphatic hydroxyl groups is 1. The van der Waals surface area contributed by atoms with Gasteiger partial charge in [0.2, 0.25) is 0 Å². The lowest BCUT2D eigenvalue weighted by Crippen LogP contribution is -2.24. The molecule has 3 N–H and O–H groups in total. The summed E-state index contributed by atoms with van der Waals surface area (Å²) in [6, 6.07) is 2.24. The SMILES string of the molecule is CC(C)n1nccc1CC(O)CN. The number of hydrogen-bond donors (Lipinski definition) is 2. The first-order chi connectivity index (χ1) is 6.15. The summed E-state index contributed by atoms with van der Waals surface area (Å²) in [5, 5.41) is 13.5. The van der Waals surface area contributed by atoms with Crippen LogP contribution in [-0.4, -0.2) is 27.5 Å². The van der Waals surface area contributed by atoms with Crippen molar-refractivity contribution in [1.29, 1.82) is 0 Å². The first-order valence-corrected chi connectivity index (χ1v) is 4.55. The average Bonchev–Trinajstić information content (AvgIpc) is 2.52. The van der Waals surface area contributed by atoms with Crippen LogP contribution < -0.4 is 5.73 Å². The second-order valence-corrected chi connectivity index (χ2v) is 3.45. The molecule has 0 bridgehead atoms. The molecule has 0 saturated carbocycles. The minimum absolute atomic E-state index is 0.295. The van der Waals surface area contributed by atoms with Crippen LogP contribution in [0.15, 0.2) is 12.3 Å². The van der Waals surface area contributed by atoms with Crippen LogP contribution in [0.1, 0.15) is 25.6 Å². The molecule has 0 aliphatic heterocycles. The van der Waals surface area contributed by atoms with Crippen molar-refractivity contribution in [3.8, 4) is 0 Å². The van der Waals surface area contributed by atoms with E-state index in [1.54, 1.807) is 6.20 Å². The van der Waals surface area contributed by atoms with Gasteiger partial charge in [-0.05, 0) is 19.9 Å². The lowest BCUT2D eigenvalue weighted by Gasteiger charge is -2.12. The Labute approximate surface area is 78.4 Å². The zero-order chi connectivity index (χ0) is 9.84. The van der Waals surface area contributed by atoms with Crippen molar-refractivity contribution < 1.29 is 5.11 Å². The Kier molecular flexibility index (Phi) is 3.45. The Morgan fingerprint density at radius 2 is 2.31 bits per heavy atom. The maximum absolute atomic E-state index is 9.37. The Balaban J connectivity index is 2.70. The summed E-state index contributed by atoms with van der Waals surface area (Å²) in [4.78, 5) is 0. The van der Waals surface area contributed by atoms with E-state index in [0.717, 1.165) is 5.69 Å². The van der Waals surface area contributed by atoms with Crippen molar-refractivity contribution in [2.24, 2.45) is 5.73 Å². The summed E-state index contributed by atoms with van der Waals surface area (Å²) < 4.78 is 1.90. The molecule has 0 spiro atoms. The van der Waals surface area contributed by atoms with Gasteiger partial charge in [0.25, 0.3) is 0 Å². The second kappa shape index (κ2) is 4.39. The molecule has 1 aromatic heterocycles. The summed E-state index contributed by atoms with van der Waals surface area (Å²) in [6.07, 6.45) is 1.86. The fourth-order valence-electron chi connectivity index (χ4n) is 1.29. The first-order valence-electron chi connectivity index (χ1n) is 4.55. The normalized spacial score (nSPS) is 13.6. The van der Waals surface area contributed by atoms with E-state index in [-0.39, 0.29) is 0 Å². The molecule has 1 unspecified atom stereocenters. The number of aliphatic hydroxyl groups excluding tert-OH is 1. The molecule has 0 aliphatic rings. The second-order valence-electron chi connectivity index (χ2n) is 3.45. The maximum Gasteiger partial charge on any atom is 0.0717 e. The van der Waals surface area contributed by atoms with Crippen molar-refractivity contribution in [1.82, 2.24) is 9.78 Å². The van der Waals surface area contributed by atoms with E-state index in [1.807, 2.05) is 10.7 Å². The Morgan fingerprint density at radius 3 is 2.85 bits per heavy atom. The summed E-state index contributed by atoms with van der Waals surface area (Å²) in [6.45, 7) is 4.42. The smallest absolute Gasteiger partial charge is 0.0717 e. The van der Waals surface area contributed by atoms with Crippen molar-refractivity contribution in [2.45, 2.75) is 32.4 Å². The molecule has 13 heavy (non-hydrogen) atoms. The highest BCUT2D eigenvalue weighted by molar-refractivity contribution is 5.03. The number of hydrogen-bond acceptors (Lipinski definition) is 3. The number of rotatable bonds is 4. The molecule has 1 aromatic rings. The highest BCUT2D eigenvalue weighted by Crippen LogP contribution is 2.09. The van der Waals surface area contributed by atoms with Gasteiger partial charge in [-0.15, -0.1) is 0 Å². The maximum atomic E-state index is 9.37. The fraction of sp³-hybridized carbons (Fsp3) is 0.667. The van der Waals surface area contributed by atoms with Crippen LogP contribution in [0.25, 0.3) is 0 Å². The zero-order valence-corrected chi connectivity index (χ0v) is 8.14. The Hall–Kier alpha value is -0.870. The van der Waals surface area contributed by atoms with E-state index >= 15 is 0 Å². The summed E-state index contributed by atoms with van der Waals surface area (Å²) >= 11 is 0. The van der Waals surface area contributed by atoms with Crippen LogP contribution in [0.3, 0.4) is 0 Å². The van der Waals surface area contributed by atoms with Crippen LogP contribution in [0.5, 0.6) is 0 Å². The third-order valence-electron chi connectivity index (χ3n) is 1.96. The number of nitrogens with two attached hydrogens (primary N) is 1. The minimum atomic E-state index is -0.464. The van der Waals surface area contributed by atoms with Gasteiger partial charge in [-0.25, -0.2) is 0 Å². The molecule has 74 valence electrons. The molecule has 0 fully saturated rings. The van der Waals surface area contributed by atoms with Gasteiger partial charge in [0.1, 0.15) is 0 Å². The van der Waals surface area contributed by atoms with E-state index in [4.69, 9.17) is 5.73 Å². The Bertz CT molecular complexity index is 257. The highest BCUT2D eigenvalue weighted by Gasteiger charge is 2.09. The lowest BCUT2D eigenvalue weighted by atomic mass is 10.2. The number of nitrogens with zero attached hydrogens (tertiary/aromatic N) is 2. The highest BCUT2D eigenvalue weighted by atomic mass is 16.3. The quantitative estimate of drug-likeness (QED) is 0.707. The molecule has 0 aliphatic carbocycles. The molecule has 0 saturated heterocycles. The van der Waals surface area contributed by atoms with Gasteiger partial charge in [0.05, 0.1) is 6.10 Å². The van der Waals surface area contributed by atoms with Gasteiger partial charge < -0.3 is 10.8 Å². The monoisotopic (exact) mass is 183 g/mol. The fourth-order valence-corrected chi connectivity index (χ4v) is 1.29. The van der Waals surface area contributed by atoms with E-state index in [9.17, 15) is 5.11 Å². The third kappa shape index (κ3) is 2.54. The molecule has 1 rings (SSSR count). The third-order valence-corrected chi connectivity index (χ3v) is 1.96. The van der Waals surface area contributed by atoms with E-state index in [2.05, 4.69) is 18.9 Å². The number of aromatic nitrogens is 2. The van der Waals surface area contributed by atoms with Crippen molar-refractivity contribution in [3.63, 3.8) is 0 Å². The van der Waals surface area contributed by atoms with Crippen LogP contribution in [0, 0.1) is 0 Å². The average molecular weight is 183 g/mol. The molecular weight excluding hydrogens is 166 g/mol. The first kappa shape index (κ1) is 10.2.